The average molecular weight is 326 g/mol. The predicted molar refractivity (Wildman–Crippen MR) is 84.1 cm³/mol. The third-order valence-electron chi connectivity index (χ3n) is 3.87. The van der Waals surface area contributed by atoms with Crippen LogP contribution in [0.5, 0.6) is 0 Å². The second kappa shape index (κ2) is 8.36. The summed E-state index contributed by atoms with van der Waals surface area (Å²) < 4.78 is 31.6. The summed E-state index contributed by atoms with van der Waals surface area (Å²) in [5.41, 5.74) is 0.620. The van der Waals surface area contributed by atoms with E-state index in [1.807, 2.05) is 13.8 Å². The molecule has 1 fully saturated rings. The second-order valence-electron chi connectivity index (χ2n) is 6.12. The normalized spacial score (nSPS) is 22.1. The first-order valence-corrected chi connectivity index (χ1v) is 8.02. The summed E-state index contributed by atoms with van der Waals surface area (Å²) in [4.78, 5) is 14.1. The lowest BCUT2D eigenvalue weighted by atomic mass is 10.1. The molecule has 1 aliphatic heterocycles. The fourth-order valence-corrected chi connectivity index (χ4v) is 2.86. The van der Waals surface area contributed by atoms with Crippen molar-refractivity contribution in [2.75, 3.05) is 26.2 Å². The number of amides is 1. The highest BCUT2D eigenvalue weighted by molar-refractivity contribution is 5.76. The van der Waals surface area contributed by atoms with Crippen molar-refractivity contribution >= 4 is 5.91 Å². The largest absolute Gasteiger partial charge is 0.373 e. The third kappa shape index (κ3) is 5.88. The quantitative estimate of drug-likeness (QED) is 0.871. The van der Waals surface area contributed by atoms with Gasteiger partial charge in [0, 0.05) is 32.6 Å². The molecule has 2 atom stereocenters. The molecule has 2 unspecified atom stereocenters. The highest BCUT2D eigenvalue weighted by Crippen LogP contribution is 2.11. The van der Waals surface area contributed by atoms with Crippen LogP contribution in [0, 0.1) is 11.6 Å². The van der Waals surface area contributed by atoms with Crippen LogP contribution in [-0.2, 0) is 16.0 Å². The van der Waals surface area contributed by atoms with Crippen molar-refractivity contribution in [3.05, 3.63) is 35.4 Å². The lowest BCUT2D eigenvalue weighted by Gasteiger charge is -2.35. The molecule has 4 nitrogen and oxygen atoms in total. The van der Waals surface area contributed by atoms with E-state index in [1.54, 1.807) is 0 Å². The number of carbonyl (C=O) groups excluding carboxylic acids is 1. The Balaban J connectivity index is 1.66. The van der Waals surface area contributed by atoms with Crippen LogP contribution in [0.3, 0.4) is 0 Å². The fraction of sp³-hybridized carbons (Fsp3) is 0.588. The number of carbonyl (C=O) groups is 1. The molecule has 1 aromatic carbocycles. The van der Waals surface area contributed by atoms with Gasteiger partial charge in [-0.05, 0) is 38.0 Å². The van der Waals surface area contributed by atoms with Gasteiger partial charge < -0.3 is 10.1 Å². The van der Waals surface area contributed by atoms with Crippen molar-refractivity contribution in [1.29, 1.82) is 0 Å². The van der Waals surface area contributed by atoms with E-state index in [0.29, 0.717) is 18.5 Å². The molecule has 1 aromatic rings. The van der Waals surface area contributed by atoms with Gasteiger partial charge >= 0.3 is 0 Å². The van der Waals surface area contributed by atoms with Crippen LogP contribution in [0.4, 0.5) is 8.78 Å². The highest BCUT2D eigenvalue weighted by Gasteiger charge is 2.21. The zero-order valence-corrected chi connectivity index (χ0v) is 13.6. The minimum Gasteiger partial charge on any atom is -0.373 e. The molecule has 1 aliphatic rings. The Morgan fingerprint density at radius 3 is 2.61 bits per heavy atom. The molecule has 23 heavy (non-hydrogen) atoms. The Kier molecular flexibility index (Phi) is 6.47. The minimum absolute atomic E-state index is 0.0795. The van der Waals surface area contributed by atoms with E-state index in [4.69, 9.17) is 4.74 Å². The van der Waals surface area contributed by atoms with E-state index in [2.05, 4.69) is 10.2 Å². The van der Waals surface area contributed by atoms with Gasteiger partial charge in [-0.25, -0.2) is 8.78 Å². The number of hydrogen-bond acceptors (Lipinski definition) is 3. The molecule has 1 saturated heterocycles. The van der Waals surface area contributed by atoms with Crippen LogP contribution in [0.15, 0.2) is 18.2 Å². The van der Waals surface area contributed by atoms with Crippen LogP contribution in [0.2, 0.25) is 0 Å². The third-order valence-corrected chi connectivity index (χ3v) is 3.87. The van der Waals surface area contributed by atoms with E-state index in [-0.39, 0.29) is 24.5 Å². The number of hydrogen-bond donors (Lipinski definition) is 1. The molecule has 0 aliphatic carbocycles. The summed E-state index contributed by atoms with van der Waals surface area (Å²) in [6.45, 7) is 7.20. The van der Waals surface area contributed by atoms with Gasteiger partial charge in [-0.1, -0.05) is 6.07 Å². The first-order chi connectivity index (χ1) is 10.9. The van der Waals surface area contributed by atoms with Gasteiger partial charge in [0.25, 0.3) is 0 Å². The van der Waals surface area contributed by atoms with Crippen molar-refractivity contribution < 1.29 is 18.3 Å². The van der Waals surface area contributed by atoms with Crippen molar-refractivity contribution in [3.8, 4) is 0 Å². The van der Waals surface area contributed by atoms with Crippen LogP contribution >= 0.6 is 0 Å². The average Bonchev–Trinajstić information content (AvgIpc) is 2.47. The zero-order valence-electron chi connectivity index (χ0n) is 13.6. The summed E-state index contributed by atoms with van der Waals surface area (Å²) in [6.07, 6.45) is 1.08. The van der Waals surface area contributed by atoms with Gasteiger partial charge in [0.05, 0.1) is 12.2 Å². The van der Waals surface area contributed by atoms with Gasteiger partial charge in [-0.3, -0.25) is 9.69 Å². The molecule has 6 heteroatoms. The SMILES string of the molecule is CC1CN(CCNC(=O)CCc2ccc(F)c(F)c2)CC(C)O1. The Labute approximate surface area is 135 Å². The first kappa shape index (κ1) is 17.8. The van der Waals surface area contributed by atoms with E-state index in [9.17, 15) is 13.6 Å². The molecule has 1 amide bonds. The maximum absolute atomic E-state index is 13.1. The van der Waals surface area contributed by atoms with Crippen LogP contribution in [0.1, 0.15) is 25.8 Å². The molecule has 0 radical (unpaired) electrons. The number of halogens is 2. The van der Waals surface area contributed by atoms with E-state index in [1.165, 1.54) is 6.07 Å². The van der Waals surface area contributed by atoms with Crippen LogP contribution < -0.4 is 5.32 Å². The molecule has 1 N–H and O–H groups in total. The van der Waals surface area contributed by atoms with Gasteiger partial charge in [-0.15, -0.1) is 0 Å². The molecule has 0 saturated carbocycles. The number of nitrogens with one attached hydrogen (secondary N) is 1. The Morgan fingerprint density at radius 1 is 1.26 bits per heavy atom. The lowest BCUT2D eigenvalue weighted by Crippen LogP contribution is -2.47. The number of rotatable bonds is 6. The topological polar surface area (TPSA) is 41.6 Å². The lowest BCUT2D eigenvalue weighted by molar-refractivity contribution is -0.121. The number of morpholine rings is 1. The molecule has 128 valence electrons. The van der Waals surface area contributed by atoms with E-state index in [0.717, 1.165) is 31.8 Å². The van der Waals surface area contributed by atoms with Crippen molar-refractivity contribution in [3.63, 3.8) is 0 Å². The number of ether oxygens (including phenoxy) is 1. The van der Waals surface area contributed by atoms with E-state index >= 15 is 0 Å². The van der Waals surface area contributed by atoms with Crippen molar-refractivity contribution in [2.45, 2.75) is 38.9 Å². The molecule has 0 spiro atoms. The summed E-state index contributed by atoms with van der Waals surface area (Å²) in [5.74, 6) is -1.82. The van der Waals surface area contributed by atoms with Crippen molar-refractivity contribution in [2.24, 2.45) is 0 Å². The van der Waals surface area contributed by atoms with Crippen LogP contribution in [0.25, 0.3) is 0 Å². The Morgan fingerprint density at radius 2 is 1.96 bits per heavy atom. The van der Waals surface area contributed by atoms with E-state index < -0.39 is 11.6 Å². The number of nitrogens with zero attached hydrogens (tertiary/aromatic N) is 1. The van der Waals surface area contributed by atoms with Gasteiger partial charge in [-0.2, -0.15) is 0 Å². The minimum atomic E-state index is -0.876. The summed E-state index contributed by atoms with van der Waals surface area (Å²) in [6, 6.07) is 3.73. The maximum Gasteiger partial charge on any atom is 0.220 e. The smallest absolute Gasteiger partial charge is 0.220 e. The zero-order chi connectivity index (χ0) is 16.8. The van der Waals surface area contributed by atoms with Gasteiger partial charge in [0.15, 0.2) is 11.6 Å². The number of aryl methyl sites for hydroxylation is 1. The second-order valence-corrected chi connectivity index (χ2v) is 6.12. The Bertz CT molecular complexity index is 529. The van der Waals surface area contributed by atoms with Gasteiger partial charge in [0.2, 0.25) is 5.91 Å². The predicted octanol–water partition coefficient (Wildman–Crippen LogP) is 2.12. The molecular weight excluding hydrogens is 302 g/mol. The highest BCUT2D eigenvalue weighted by atomic mass is 19.2. The molecule has 1 heterocycles. The summed E-state index contributed by atoms with van der Waals surface area (Å²) in [5, 5.41) is 2.87. The fourth-order valence-electron chi connectivity index (χ4n) is 2.86. The summed E-state index contributed by atoms with van der Waals surface area (Å²) >= 11 is 0. The van der Waals surface area contributed by atoms with Gasteiger partial charge in [0.1, 0.15) is 0 Å². The molecule has 0 bridgehead atoms. The number of benzene rings is 1. The van der Waals surface area contributed by atoms with Crippen LogP contribution in [-0.4, -0.2) is 49.2 Å². The Hall–Kier alpha value is -1.53. The summed E-state index contributed by atoms with van der Waals surface area (Å²) in [7, 11) is 0. The monoisotopic (exact) mass is 326 g/mol. The molecule has 2 rings (SSSR count). The standard InChI is InChI=1S/C17H24F2N2O2/c1-12-10-21(11-13(2)23-12)8-7-20-17(22)6-4-14-3-5-15(18)16(19)9-14/h3,5,9,12-13H,4,6-8,10-11H2,1-2H3,(H,20,22). The maximum atomic E-state index is 13.1. The molecule has 0 aromatic heterocycles. The molecular formula is C17H24F2N2O2. The van der Waals surface area contributed by atoms with Crippen molar-refractivity contribution in [1.82, 2.24) is 10.2 Å². The first-order valence-electron chi connectivity index (χ1n) is 8.02.